The van der Waals surface area contributed by atoms with Crippen LogP contribution in [0.5, 0.6) is 0 Å². The van der Waals surface area contributed by atoms with Crippen molar-refractivity contribution >= 4 is 5.97 Å². The second kappa shape index (κ2) is 4.83. The third-order valence-electron chi connectivity index (χ3n) is 1.22. The molecule has 56 valence electrons. The van der Waals surface area contributed by atoms with Crippen molar-refractivity contribution in [2.24, 2.45) is 0 Å². The van der Waals surface area contributed by atoms with Gasteiger partial charge < -0.3 is 10.4 Å². The summed E-state index contributed by atoms with van der Waals surface area (Å²) in [6.07, 6.45) is 5.95. The maximum atomic E-state index is 10.3. The molecule has 1 unspecified atom stereocenters. The fourth-order valence-electron chi connectivity index (χ4n) is 0.619. The van der Waals surface area contributed by atoms with Gasteiger partial charge in [-0.2, -0.15) is 0 Å². The molecule has 0 fully saturated rings. The van der Waals surface area contributed by atoms with Crippen LogP contribution in [0.4, 0.5) is 0 Å². The van der Waals surface area contributed by atoms with Crippen LogP contribution in [-0.4, -0.2) is 24.2 Å². The smallest absolute Gasteiger partial charge is 0.320 e. The molecule has 3 nitrogen and oxygen atoms in total. The number of carboxylic acids is 1. The zero-order chi connectivity index (χ0) is 7.98. The van der Waals surface area contributed by atoms with Gasteiger partial charge in [-0.05, 0) is 13.5 Å². The van der Waals surface area contributed by atoms with Crippen LogP contribution in [0.15, 0.2) is 0 Å². The number of carboxylic acid groups (broad SMARTS) is 1. The molecule has 0 heterocycles. The average Bonchev–Trinajstić information content (AvgIpc) is 1.89. The third-order valence-corrected chi connectivity index (χ3v) is 1.22. The van der Waals surface area contributed by atoms with Crippen LogP contribution in [0.3, 0.4) is 0 Å². The largest absolute Gasteiger partial charge is 0.480 e. The first kappa shape index (κ1) is 8.99. The van der Waals surface area contributed by atoms with Crippen molar-refractivity contribution in [3.8, 4) is 12.3 Å². The Labute approximate surface area is 60.4 Å². The molecule has 0 aliphatic heterocycles. The van der Waals surface area contributed by atoms with E-state index >= 15 is 0 Å². The van der Waals surface area contributed by atoms with Crippen molar-refractivity contribution in [2.75, 3.05) is 7.05 Å². The summed E-state index contributed by atoms with van der Waals surface area (Å²) >= 11 is 0. The first-order chi connectivity index (χ1) is 4.72. The van der Waals surface area contributed by atoms with E-state index in [0.29, 0.717) is 12.8 Å². The van der Waals surface area contributed by atoms with Crippen LogP contribution in [0.2, 0.25) is 0 Å². The van der Waals surface area contributed by atoms with E-state index in [9.17, 15) is 4.79 Å². The molecular formula is C7H11NO2. The van der Waals surface area contributed by atoms with Crippen LogP contribution < -0.4 is 5.32 Å². The molecule has 0 rings (SSSR count). The van der Waals surface area contributed by atoms with Crippen molar-refractivity contribution in [2.45, 2.75) is 18.9 Å². The van der Waals surface area contributed by atoms with E-state index in [-0.39, 0.29) is 0 Å². The number of likely N-dealkylation sites (N-methyl/N-ethyl adjacent to an activating group) is 1. The predicted molar refractivity (Wildman–Crippen MR) is 38.6 cm³/mol. The zero-order valence-electron chi connectivity index (χ0n) is 5.92. The fourth-order valence-corrected chi connectivity index (χ4v) is 0.619. The van der Waals surface area contributed by atoms with Crippen LogP contribution in [0.1, 0.15) is 12.8 Å². The van der Waals surface area contributed by atoms with E-state index in [1.54, 1.807) is 7.05 Å². The molecule has 3 heteroatoms. The van der Waals surface area contributed by atoms with Crippen LogP contribution in [0, 0.1) is 12.3 Å². The van der Waals surface area contributed by atoms with Gasteiger partial charge in [-0.15, -0.1) is 12.3 Å². The Morgan fingerprint density at radius 3 is 2.80 bits per heavy atom. The second-order valence-electron chi connectivity index (χ2n) is 1.92. The molecule has 10 heavy (non-hydrogen) atoms. The lowest BCUT2D eigenvalue weighted by Crippen LogP contribution is -2.33. The van der Waals surface area contributed by atoms with E-state index in [2.05, 4.69) is 11.2 Å². The Hall–Kier alpha value is -1.01. The highest BCUT2D eigenvalue weighted by atomic mass is 16.4. The van der Waals surface area contributed by atoms with E-state index in [1.807, 2.05) is 0 Å². The molecule has 0 aromatic rings. The number of hydrogen-bond donors (Lipinski definition) is 2. The number of hydrogen-bond acceptors (Lipinski definition) is 2. The molecule has 0 aliphatic rings. The van der Waals surface area contributed by atoms with Crippen LogP contribution >= 0.6 is 0 Å². The summed E-state index contributed by atoms with van der Waals surface area (Å²) < 4.78 is 0. The normalized spacial score (nSPS) is 12.0. The highest BCUT2D eigenvalue weighted by Gasteiger charge is 2.12. The number of carbonyl (C=O) groups is 1. The standard InChI is InChI=1S/C7H11NO2/c1-3-4-5-6(8-2)7(9)10/h1,6,8H,4-5H2,2H3,(H,9,10). The topological polar surface area (TPSA) is 49.3 Å². The zero-order valence-corrected chi connectivity index (χ0v) is 5.92. The van der Waals surface area contributed by atoms with Crippen LogP contribution in [-0.2, 0) is 4.79 Å². The third kappa shape index (κ3) is 3.10. The molecule has 0 bridgehead atoms. The number of rotatable bonds is 4. The highest BCUT2D eigenvalue weighted by Crippen LogP contribution is 1.94. The molecule has 0 radical (unpaired) electrons. The lowest BCUT2D eigenvalue weighted by atomic mass is 10.2. The summed E-state index contributed by atoms with van der Waals surface area (Å²) in [6, 6.07) is -0.504. The summed E-state index contributed by atoms with van der Waals surface area (Å²) in [6.45, 7) is 0. The summed E-state index contributed by atoms with van der Waals surface area (Å²) in [7, 11) is 1.61. The van der Waals surface area contributed by atoms with Crippen LogP contribution in [0.25, 0.3) is 0 Å². The van der Waals surface area contributed by atoms with E-state index in [0.717, 1.165) is 0 Å². The van der Waals surface area contributed by atoms with Gasteiger partial charge in [0.05, 0.1) is 0 Å². The summed E-state index contributed by atoms with van der Waals surface area (Å²) in [4.78, 5) is 10.3. The number of aliphatic carboxylic acids is 1. The lowest BCUT2D eigenvalue weighted by Gasteiger charge is -2.07. The molecular weight excluding hydrogens is 130 g/mol. The average molecular weight is 141 g/mol. The predicted octanol–water partition coefficient (Wildman–Crippen LogP) is 0.0724. The van der Waals surface area contributed by atoms with Gasteiger partial charge in [0.25, 0.3) is 0 Å². The van der Waals surface area contributed by atoms with E-state index in [1.165, 1.54) is 0 Å². The quantitative estimate of drug-likeness (QED) is 0.545. The first-order valence-corrected chi connectivity index (χ1v) is 3.06. The Morgan fingerprint density at radius 1 is 1.90 bits per heavy atom. The Morgan fingerprint density at radius 2 is 2.50 bits per heavy atom. The van der Waals surface area contributed by atoms with E-state index < -0.39 is 12.0 Å². The van der Waals surface area contributed by atoms with Gasteiger partial charge >= 0.3 is 5.97 Å². The molecule has 0 aliphatic carbocycles. The molecule has 0 amide bonds. The molecule has 1 atom stereocenters. The van der Waals surface area contributed by atoms with Gasteiger partial charge in [0.15, 0.2) is 0 Å². The number of nitrogens with one attached hydrogen (secondary N) is 1. The van der Waals surface area contributed by atoms with Gasteiger partial charge in [0.2, 0.25) is 0 Å². The van der Waals surface area contributed by atoms with Gasteiger partial charge in [0.1, 0.15) is 6.04 Å². The summed E-state index contributed by atoms with van der Waals surface area (Å²) in [5.74, 6) is 1.53. The minimum absolute atomic E-state index is 0.488. The van der Waals surface area contributed by atoms with Gasteiger partial charge in [-0.1, -0.05) is 0 Å². The number of terminal acetylenes is 1. The van der Waals surface area contributed by atoms with Crippen molar-refractivity contribution < 1.29 is 9.90 Å². The minimum atomic E-state index is -0.849. The Bertz CT molecular complexity index is 148. The van der Waals surface area contributed by atoms with Crippen molar-refractivity contribution in [3.63, 3.8) is 0 Å². The van der Waals surface area contributed by atoms with Gasteiger partial charge in [0, 0.05) is 6.42 Å². The monoisotopic (exact) mass is 141 g/mol. The first-order valence-electron chi connectivity index (χ1n) is 3.06. The maximum Gasteiger partial charge on any atom is 0.320 e. The summed E-state index contributed by atoms with van der Waals surface area (Å²) in [5, 5.41) is 11.1. The Balaban J connectivity index is 3.63. The van der Waals surface area contributed by atoms with Crippen molar-refractivity contribution in [1.82, 2.24) is 5.32 Å². The van der Waals surface area contributed by atoms with Crippen molar-refractivity contribution in [3.05, 3.63) is 0 Å². The van der Waals surface area contributed by atoms with Crippen molar-refractivity contribution in [1.29, 1.82) is 0 Å². The molecule has 0 saturated heterocycles. The SMILES string of the molecule is C#CCCC(NC)C(=O)O. The Kier molecular flexibility index (Phi) is 4.34. The maximum absolute atomic E-state index is 10.3. The molecule has 0 saturated carbocycles. The highest BCUT2D eigenvalue weighted by molar-refractivity contribution is 5.73. The summed E-state index contributed by atoms with van der Waals surface area (Å²) in [5.41, 5.74) is 0. The molecule has 0 spiro atoms. The molecule has 0 aromatic heterocycles. The molecule has 0 aromatic carbocycles. The fraction of sp³-hybridized carbons (Fsp3) is 0.571. The second-order valence-corrected chi connectivity index (χ2v) is 1.92. The molecule has 2 N–H and O–H groups in total. The van der Waals surface area contributed by atoms with Gasteiger partial charge in [-0.3, -0.25) is 4.79 Å². The minimum Gasteiger partial charge on any atom is -0.480 e. The van der Waals surface area contributed by atoms with Gasteiger partial charge in [-0.25, -0.2) is 0 Å². The lowest BCUT2D eigenvalue weighted by molar-refractivity contribution is -0.139. The van der Waals surface area contributed by atoms with E-state index in [4.69, 9.17) is 11.5 Å².